The van der Waals surface area contributed by atoms with Crippen molar-refractivity contribution in [2.75, 3.05) is 6.54 Å². The van der Waals surface area contributed by atoms with Crippen molar-refractivity contribution < 1.29 is 24.4 Å². The van der Waals surface area contributed by atoms with Crippen molar-refractivity contribution in [3.63, 3.8) is 0 Å². The fourth-order valence-electron chi connectivity index (χ4n) is 12.5. The van der Waals surface area contributed by atoms with Gasteiger partial charge in [-0.25, -0.2) is 4.68 Å². The van der Waals surface area contributed by atoms with E-state index >= 15 is 0 Å². The number of nitro groups is 1. The molecule has 3 saturated carbocycles. The Morgan fingerprint density at radius 1 is 1.08 bits per heavy atom. The van der Waals surface area contributed by atoms with E-state index in [1.807, 2.05) is 27.0 Å². The first-order chi connectivity index (χ1) is 22.6. The van der Waals surface area contributed by atoms with Crippen LogP contribution in [0.4, 0.5) is 0 Å². The summed E-state index contributed by atoms with van der Waals surface area (Å²) < 4.78 is 7.08. The molecule has 10 heteroatoms. The van der Waals surface area contributed by atoms with Crippen molar-refractivity contribution in [2.45, 2.75) is 139 Å². The zero-order valence-corrected chi connectivity index (χ0v) is 31.4. The summed E-state index contributed by atoms with van der Waals surface area (Å²) in [7, 11) is 0. The van der Waals surface area contributed by atoms with E-state index in [1.165, 1.54) is 5.57 Å². The van der Waals surface area contributed by atoms with Gasteiger partial charge in [0.15, 0.2) is 5.78 Å². The lowest BCUT2D eigenvalue weighted by Crippen LogP contribution is -2.64. The highest BCUT2D eigenvalue weighted by atomic mass is 16.6. The first-order valence-corrected chi connectivity index (χ1v) is 18.5. The minimum absolute atomic E-state index is 0.0000824. The van der Waals surface area contributed by atoms with Crippen molar-refractivity contribution >= 4 is 17.3 Å². The van der Waals surface area contributed by atoms with Crippen molar-refractivity contribution in [1.82, 2.24) is 15.0 Å². The zero-order valence-electron chi connectivity index (χ0n) is 31.4. The van der Waals surface area contributed by atoms with Gasteiger partial charge in [-0.05, 0) is 122 Å². The van der Waals surface area contributed by atoms with Gasteiger partial charge in [-0.2, -0.15) is 0 Å². The number of nitrogens with zero attached hydrogens (tertiary/aromatic N) is 4. The first kappa shape index (κ1) is 35.9. The molecule has 270 valence electrons. The molecule has 1 unspecified atom stereocenters. The highest BCUT2D eigenvalue weighted by Gasteiger charge is 2.70. The van der Waals surface area contributed by atoms with Gasteiger partial charge in [0.25, 0.3) is 0 Å². The average molecular weight is 679 g/mol. The maximum atomic E-state index is 13.7. The summed E-state index contributed by atoms with van der Waals surface area (Å²) in [6.45, 7) is 21.3. The lowest BCUT2D eigenvalue weighted by Gasteiger charge is -2.71. The van der Waals surface area contributed by atoms with Crippen LogP contribution in [-0.4, -0.2) is 55.0 Å². The van der Waals surface area contributed by atoms with Crippen LogP contribution in [0.5, 0.6) is 0 Å². The number of esters is 1. The number of aliphatic hydroxyl groups is 1. The van der Waals surface area contributed by atoms with E-state index in [0.29, 0.717) is 18.3 Å². The Morgan fingerprint density at radius 3 is 2.41 bits per heavy atom. The van der Waals surface area contributed by atoms with Crippen molar-refractivity contribution in [1.29, 1.82) is 0 Å². The molecular formula is C39H58N4O6. The number of ketones is 1. The molecule has 1 heterocycles. The van der Waals surface area contributed by atoms with E-state index < -0.39 is 28.6 Å². The van der Waals surface area contributed by atoms with Gasteiger partial charge in [0.05, 0.1) is 6.20 Å². The van der Waals surface area contributed by atoms with E-state index in [9.17, 15) is 24.8 Å². The molecule has 0 aliphatic heterocycles. The van der Waals surface area contributed by atoms with Crippen LogP contribution >= 0.6 is 0 Å². The molecule has 49 heavy (non-hydrogen) atoms. The second-order valence-corrected chi connectivity index (χ2v) is 18.8. The number of aromatic nitrogens is 3. The summed E-state index contributed by atoms with van der Waals surface area (Å²) in [5.41, 5.74) is 2.30. The zero-order chi connectivity index (χ0) is 36.1. The van der Waals surface area contributed by atoms with Crippen LogP contribution in [0.2, 0.25) is 0 Å². The molecule has 1 aromatic heterocycles. The second-order valence-electron chi connectivity index (χ2n) is 18.8. The molecule has 5 aliphatic carbocycles. The maximum Gasteiger partial charge on any atom is 0.328 e. The van der Waals surface area contributed by atoms with Crippen LogP contribution in [0.25, 0.3) is 5.57 Å². The summed E-state index contributed by atoms with van der Waals surface area (Å²) in [4.78, 5) is 37.4. The molecule has 0 radical (unpaired) electrons. The van der Waals surface area contributed by atoms with Gasteiger partial charge in [-0.15, -0.1) is 5.10 Å². The Kier molecular flexibility index (Phi) is 8.49. The van der Waals surface area contributed by atoms with Gasteiger partial charge in [-0.3, -0.25) is 19.7 Å². The quantitative estimate of drug-likeness (QED) is 0.181. The molecular weight excluding hydrogens is 620 g/mol. The molecule has 0 spiro atoms. The fourth-order valence-corrected chi connectivity index (χ4v) is 12.5. The molecule has 10 nitrogen and oxygen atoms in total. The van der Waals surface area contributed by atoms with Gasteiger partial charge in [0, 0.05) is 16.8 Å². The summed E-state index contributed by atoms with van der Waals surface area (Å²) in [5.74, 6) is 0.742. The third kappa shape index (κ3) is 5.36. The molecule has 0 amide bonds. The number of allylic oxidation sites excluding steroid dienone is 3. The predicted molar refractivity (Wildman–Crippen MR) is 187 cm³/mol. The van der Waals surface area contributed by atoms with Crippen molar-refractivity contribution in [3.05, 3.63) is 39.2 Å². The Bertz CT molecular complexity index is 1620. The van der Waals surface area contributed by atoms with Crippen LogP contribution in [0.3, 0.4) is 0 Å². The molecule has 6 rings (SSSR count). The number of carbonyl (C=O) groups is 2. The molecule has 1 N–H and O–H groups in total. The number of carbonyl (C=O) groups excluding carboxylic acids is 2. The second kappa shape index (κ2) is 11.6. The van der Waals surface area contributed by atoms with E-state index in [-0.39, 0.29) is 58.2 Å². The van der Waals surface area contributed by atoms with Gasteiger partial charge < -0.3 is 9.84 Å². The molecule has 0 bridgehead atoms. The Balaban J connectivity index is 1.33. The summed E-state index contributed by atoms with van der Waals surface area (Å²) in [5, 5.41) is 32.0. The molecule has 5 aliphatic rings. The highest BCUT2D eigenvalue weighted by molar-refractivity contribution is 6.00. The number of Topliss-reactive ketones (excluding diaryl/α,β-unsaturated/α-hetero) is 1. The molecule has 3 fully saturated rings. The van der Waals surface area contributed by atoms with Crippen LogP contribution in [0, 0.1) is 60.9 Å². The Labute approximate surface area is 291 Å². The van der Waals surface area contributed by atoms with E-state index in [1.54, 1.807) is 4.68 Å². The first-order valence-electron chi connectivity index (χ1n) is 18.5. The van der Waals surface area contributed by atoms with E-state index in [4.69, 9.17) is 4.74 Å². The number of hydrogen-bond acceptors (Lipinski definition) is 8. The van der Waals surface area contributed by atoms with Gasteiger partial charge in [0.2, 0.25) is 6.54 Å². The van der Waals surface area contributed by atoms with Crippen LogP contribution in [0.1, 0.15) is 126 Å². The third-order valence-electron chi connectivity index (χ3n) is 14.5. The normalized spacial score (nSPS) is 37.5. The van der Waals surface area contributed by atoms with E-state index in [0.717, 1.165) is 55.4 Å². The van der Waals surface area contributed by atoms with Crippen LogP contribution in [0.15, 0.2) is 23.4 Å². The van der Waals surface area contributed by atoms with Gasteiger partial charge in [-0.1, -0.05) is 65.3 Å². The average Bonchev–Trinajstić information content (AvgIpc) is 3.53. The maximum absolute atomic E-state index is 13.7. The number of fused-ring (bicyclic) bond motifs is 7. The lowest BCUT2D eigenvalue weighted by atomic mass is 9.33. The third-order valence-corrected chi connectivity index (χ3v) is 14.5. The minimum atomic E-state index is -1.16. The summed E-state index contributed by atoms with van der Waals surface area (Å²) in [6, 6.07) is 0. The molecule has 0 saturated heterocycles. The number of ether oxygens (including phenoxy) is 1. The fraction of sp³-hybridized carbons (Fsp3) is 0.795. The summed E-state index contributed by atoms with van der Waals surface area (Å²) >= 11 is 0. The molecule has 0 aromatic carbocycles. The minimum Gasteiger partial charge on any atom is -0.459 e. The van der Waals surface area contributed by atoms with Crippen molar-refractivity contribution in [3.8, 4) is 0 Å². The van der Waals surface area contributed by atoms with Crippen LogP contribution < -0.4 is 0 Å². The Morgan fingerprint density at radius 2 is 1.78 bits per heavy atom. The van der Waals surface area contributed by atoms with Crippen LogP contribution in [-0.2, 0) is 20.9 Å². The standard InChI is InChI=1S/C39H58N4O6/c1-23(2)32-27(44)19-39(30(45)21-43(47)48)18-17-37(9)25(33(32)39)11-12-29-36(8)15-13-24(35(6,7)28(36)14-16-38(29,37)10)26-20-42(41-40-26)22-31(46)49-34(3,4)5/h13,20,23,25,28-30,45H,11-12,14-19,21-22H2,1-10H3/t25-,28+,29-,30?,36+,37-,38-,39+/m1/s1. The highest BCUT2D eigenvalue weighted by Crippen LogP contribution is 2.77. The van der Waals surface area contributed by atoms with Gasteiger partial charge >= 0.3 is 5.97 Å². The predicted octanol–water partition coefficient (Wildman–Crippen LogP) is 7.23. The number of aliphatic hydroxyl groups excluding tert-OH is 1. The topological polar surface area (TPSA) is 137 Å². The molecule has 1 aromatic rings. The largest absolute Gasteiger partial charge is 0.459 e. The SMILES string of the molecule is CC(C)C1=C2[C@H]3CC[C@@H]4[C@@]5(C)CC=C(c6cn(CC(=O)OC(C)(C)C)nn6)C(C)(C)[C@@H]5CC[C@@]4(C)[C@]3(C)CC[C@@]2(C(O)C[N+](=O)[O-])CC1=O. The number of hydrogen-bond donors (Lipinski definition) is 1. The van der Waals surface area contributed by atoms with E-state index in [2.05, 4.69) is 64.9 Å². The Hall–Kier alpha value is -2.88. The van der Waals surface area contributed by atoms with Gasteiger partial charge in [0.1, 0.15) is 23.9 Å². The summed E-state index contributed by atoms with van der Waals surface area (Å²) in [6.07, 6.45) is 9.78. The smallest absolute Gasteiger partial charge is 0.328 e. The number of rotatable bonds is 7. The monoisotopic (exact) mass is 678 g/mol. The molecule has 8 atom stereocenters. The lowest BCUT2D eigenvalue weighted by molar-refractivity contribution is -0.494. The van der Waals surface area contributed by atoms with Crippen molar-refractivity contribution in [2.24, 2.45) is 50.7 Å².